The van der Waals surface area contributed by atoms with Gasteiger partial charge >= 0.3 is 6.09 Å². The molecule has 0 radical (unpaired) electrons. The number of carbonyl (C=O) groups is 2. The van der Waals surface area contributed by atoms with Crippen LogP contribution in [-0.4, -0.2) is 53.4 Å². The number of ether oxygens (including phenoxy) is 2. The van der Waals surface area contributed by atoms with Crippen molar-refractivity contribution in [2.75, 3.05) is 20.8 Å². The van der Waals surface area contributed by atoms with E-state index in [1.54, 1.807) is 29.9 Å². The highest BCUT2D eigenvalue weighted by Crippen LogP contribution is 2.16. The van der Waals surface area contributed by atoms with Gasteiger partial charge in [0.25, 0.3) is 0 Å². The Bertz CT molecular complexity index is 491. The number of hydrogen-bond acceptors (Lipinski definition) is 5. The first kappa shape index (κ1) is 17.2. The van der Waals surface area contributed by atoms with Gasteiger partial charge in [0.1, 0.15) is 11.3 Å². The van der Waals surface area contributed by atoms with Crippen LogP contribution >= 0.6 is 0 Å². The smallest absolute Gasteiger partial charge is 0.410 e. The van der Waals surface area contributed by atoms with Crippen LogP contribution in [0.3, 0.4) is 0 Å². The number of aromatic nitrogens is 2. The van der Waals surface area contributed by atoms with Gasteiger partial charge in [-0.1, -0.05) is 0 Å². The highest BCUT2D eigenvalue weighted by atomic mass is 16.6. The van der Waals surface area contributed by atoms with Gasteiger partial charge in [0.2, 0.25) is 0 Å². The molecule has 1 aliphatic heterocycles. The quantitative estimate of drug-likeness (QED) is 0.738. The first-order valence-corrected chi connectivity index (χ1v) is 6.70. The van der Waals surface area contributed by atoms with Crippen LogP contribution in [0.15, 0.2) is 6.07 Å². The highest BCUT2D eigenvalue weighted by Gasteiger charge is 2.26. The lowest BCUT2D eigenvalue weighted by atomic mass is 10.2. The molecule has 7 nitrogen and oxygen atoms in total. The summed E-state index contributed by atoms with van der Waals surface area (Å²) in [6.45, 7) is 7.07. The third kappa shape index (κ3) is 5.18. The maximum absolute atomic E-state index is 11.9. The number of rotatable bonds is 1. The van der Waals surface area contributed by atoms with Gasteiger partial charge in [-0.25, -0.2) is 4.79 Å². The van der Waals surface area contributed by atoms with Crippen molar-refractivity contribution in [3.05, 3.63) is 17.5 Å². The molecule has 0 spiro atoms. The molecule has 2 rings (SSSR count). The number of carbonyl (C=O) groups excluding carboxylic acids is 2. The Morgan fingerprint density at radius 2 is 1.95 bits per heavy atom. The maximum atomic E-state index is 11.9. The van der Waals surface area contributed by atoms with Gasteiger partial charge in [0.05, 0.1) is 18.8 Å². The topological polar surface area (TPSA) is 73.7 Å². The fourth-order valence-electron chi connectivity index (χ4n) is 1.83. The van der Waals surface area contributed by atoms with E-state index in [-0.39, 0.29) is 6.09 Å². The van der Waals surface area contributed by atoms with Gasteiger partial charge in [0.15, 0.2) is 6.29 Å². The van der Waals surface area contributed by atoms with E-state index in [4.69, 9.17) is 4.74 Å². The van der Waals surface area contributed by atoms with E-state index in [1.165, 1.54) is 0 Å². The molecule has 21 heavy (non-hydrogen) atoms. The normalized spacial score (nSPS) is 13.9. The second-order valence-electron chi connectivity index (χ2n) is 5.71. The Labute approximate surface area is 124 Å². The monoisotopic (exact) mass is 297 g/mol. The van der Waals surface area contributed by atoms with Crippen LogP contribution in [0.2, 0.25) is 0 Å². The van der Waals surface area contributed by atoms with E-state index in [9.17, 15) is 9.59 Å². The Morgan fingerprint density at radius 1 is 1.33 bits per heavy atom. The van der Waals surface area contributed by atoms with Gasteiger partial charge in [-0.3, -0.25) is 9.48 Å². The summed E-state index contributed by atoms with van der Waals surface area (Å²) >= 11 is 0. The summed E-state index contributed by atoms with van der Waals surface area (Å²) in [7, 11) is 3.25. The number of aldehydes is 1. The van der Waals surface area contributed by atoms with Crippen LogP contribution < -0.4 is 0 Å². The summed E-state index contributed by atoms with van der Waals surface area (Å²) in [5.41, 5.74) is 0.758. The van der Waals surface area contributed by atoms with Gasteiger partial charge in [-0.2, -0.15) is 5.10 Å². The van der Waals surface area contributed by atoms with Crippen molar-refractivity contribution in [1.82, 2.24) is 14.7 Å². The molecular formula is C14H23N3O4. The first-order valence-electron chi connectivity index (χ1n) is 6.70. The van der Waals surface area contributed by atoms with Crippen molar-refractivity contribution in [1.29, 1.82) is 0 Å². The molecule has 1 aromatic rings. The largest absolute Gasteiger partial charge is 0.444 e. The third-order valence-corrected chi connectivity index (χ3v) is 2.59. The molecule has 1 amide bonds. The van der Waals surface area contributed by atoms with Gasteiger partial charge in [-0.05, 0) is 26.8 Å². The first-order chi connectivity index (χ1) is 9.80. The molecule has 1 aromatic heterocycles. The summed E-state index contributed by atoms with van der Waals surface area (Å²) in [4.78, 5) is 24.2. The van der Waals surface area contributed by atoms with E-state index < -0.39 is 5.60 Å². The summed E-state index contributed by atoms with van der Waals surface area (Å²) < 4.78 is 11.3. The second-order valence-corrected chi connectivity index (χ2v) is 5.71. The van der Waals surface area contributed by atoms with Crippen LogP contribution in [0, 0.1) is 0 Å². The average molecular weight is 297 g/mol. The lowest BCUT2D eigenvalue weighted by molar-refractivity contribution is 0.0194. The van der Waals surface area contributed by atoms with Crippen molar-refractivity contribution in [2.45, 2.75) is 39.5 Å². The SMILES string of the molecule is CC(C)(C)OC(=O)N1CCn2nc(C=O)cc2C1.COC. The van der Waals surface area contributed by atoms with E-state index >= 15 is 0 Å². The summed E-state index contributed by atoms with van der Waals surface area (Å²) in [6.07, 6.45) is 0.381. The van der Waals surface area contributed by atoms with Crippen molar-refractivity contribution in [3.63, 3.8) is 0 Å². The Balaban J connectivity index is 0.000000677. The average Bonchev–Trinajstić information content (AvgIpc) is 2.79. The lowest BCUT2D eigenvalue weighted by Crippen LogP contribution is -2.41. The van der Waals surface area contributed by atoms with E-state index in [0.717, 1.165) is 5.69 Å². The van der Waals surface area contributed by atoms with Crippen molar-refractivity contribution in [2.24, 2.45) is 0 Å². The van der Waals surface area contributed by atoms with Crippen LogP contribution in [0.25, 0.3) is 0 Å². The van der Waals surface area contributed by atoms with Gasteiger partial charge in [-0.15, -0.1) is 0 Å². The van der Waals surface area contributed by atoms with Crippen molar-refractivity contribution < 1.29 is 19.1 Å². The molecule has 0 saturated heterocycles. The Kier molecular flexibility index (Phi) is 5.90. The predicted octanol–water partition coefficient (Wildman–Crippen LogP) is 1.71. The third-order valence-electron chi connectivity index (χ3n) is 2.59. The predicted molar refractivity (Wildman–Crippen MR) is 77.2 cm³/mol. The van der Waals surface area contributed by atoms with E-state index in [0.29, 0.717) is 31.6 Å². The molecule has 0 aliphatic carbocycles. The molecule has 0 aromatic carbocycles. The fourth-order valence-corrected chi connectivity index (χ4v) is 1.83. The summed E-state index contributed by atoms with van der Waals surface area (Å²) in [5.74, 6) is 0. The highest BCUT2D eigenvalue weighted by molar-refractivity contribution is 5.72. The zero-order valence-corrected chi connectivity index (χ0v) is 13.3. The van der Waals surface area contributed by atoms with Crippen LogP contribution in [0.5, 0.6) is 0 Å². The molecular weight excluding hydrogens is 274 g/mol. The second kappa shape index (κ2) is 7.21. The van der Waals surface area contributed by atoms with Crippen LogP contribution in [-0.2, 0) is 22.6 Å². The zero-order valence-electron chi connectivity index (χ0n) is 13.3. The number of hydrogen-bond donors (Lipinski definition) is 0. The minimum atomic E-state index is -0.497. The standard InChI is InChI=1S/C12H17N3O3.C2H6O/c1-12(2,3)18-11(17)14-4-5-15-10(7-14)6-9(8-16)13-15;1-3-2/h6,8H,4-5,7H2,1-3H3;1-2H3. The number of nitrogens with zero attached hydrogens (tertiary/aromatic N) is 3. The van der Waals surface area contributed by atoms with E-state index in [1.807, 2.05) is 20.8 Å². The van der Waals surface area contributed by atoms with Crippen LogP contribution in [0.4, 0.5) is 4.79 Å². The lowest BCUT2D eigenvalue weighted by Gasteiger charge is -2.30. The fraction of sp³-hybridized carbons (Fsp3) is 0.643. The number of methoxy groups -OCH3 is 1. The molecule has 7 heteroatoms. The Hall–Kier alpha value is -1.89. The molecule has 0 saturated carbocycles. The molecule has 0 bridgehead atoms. The summed E-state index contributed by atoms with van der Waals surface area (Å²) in [5, 5.41) is 4.11. The van der Waals surface area contributed by atoms with Gasteiger partial charge < -0.3 is 14.4 Å². The molecule has 0 fully saturated rings. The van der Waals surface area contributed by atoms with Gasteiger partial charge in [0, 0.05) is 20.8 Å². The minimum Gasteiger partial charge on any atom is -0.444 e. The zero-order chi connectivity index (χ0) is 16.0. The van der Waals surface area contributed by atoms with Crippen molar-refractivity contribution in [3.8, 4) is 0 Å². The molecule has 0 atom stereocenters. The number of amides is 1. The molecule has 0 N–H and O–H groups in total. The molecule has 1 aliphatic rings. The van der Waals surface area contributed by atoms with Crippen molar-refractivity contribution >= 4 is 12.4 Å². The van der Waals surface area contributed by atoms with E-state index in [2.05, 4.69) is 9.84 Å². The van der Waals surface area contributed by atoms with Crippen LogP contribution in [0.1, 0.15) is 37.0 Å². The number of fused-ring (bicyclic) bond motifs is 1. The molecule has 2 heterocycles. The minimum absolute atomic E-state index is 0.331. The molecule has 0 unspecified atom stereocenters. The molecule has 118 valence electrons. The Morgan fingerprint density at radius 3 is 2.48 bits per heavy atom. The maximum Gasteiger partial charge on any atom is 0.410 e. The summed E-state index contributed by atoms with van der Waals surface area (Å²) in [6, 6.07) is 1.70.